The Morgan fingerprint density at radius 1 is 1.15 bits per heavy atom. The number of carbonyl (C=O) groups is 1. The predicted octanol–water partition coefficient (Wildman–Crippen LogP) is 4.07. The van der Waals surface area contributed by atoms with Gasteiger partial charge in [0, 0.05) is 6.42 Å². The van der Waals surface area contributed by atoms with Gasteiger partial charge in [-0.2, -0.15) is 0 Å². The van der Waals surface area contributed by atoms with Crippen LogP contribution in [0.25, 0.3) is 0 Å². The highest BCUT2D eigenvalue weighted by molar-refractivity contribution is 5.69. The van der Waals surface area contributed by atoms with Crippen LogP contribution in [0, 0.1) is 6.92 Å². The first kappa shape index (κ1) is 24.4. The lowest BCUT2D eigenvalue weighted by atomic mass is 10.0. The molecule has 0 aromatic heterocycles. The van der Waals surface area contributed by atoms with Crippen LogP contribution in [0.2, 0.25) is 0 Å². The summed E-state index contributed by atoms with van der Waals surface area (Å²) in [5.74, 6) is 0.523. The molecule has 5 heteroatoms. The van der Waals surface area contributed by atoms with E-state index in [-0.39, 0.29) is 19.2 Å². The van der Waals surface area contributed by atoms with Gasteiger partial charge in [0.05, 0.1) is 6.61 Å². The molecular weight excluding hydrogens is 332 g/mol. The summed E-state index contributed by atoms with van der Waals surface area (Å²) in [6, 6.07) is 5.81. The fourth-order valence-corrected chi connectivity index (χ4v) is 2.33. The van der Waals surface area contributed by atoms with Gasteiger partial charge < -0.3 is 20.1 Å². The van der Waals surface area contributed by atoms with Crippen molar-refractivity contribution in [1.29, 1.82) is 0 Å². The third-order valence-electron chi connectivity index (χ3n) is 3.94. The van der Waals surface area contributed by atoms with E-state index >= 15 is 0 Å². The molecule has 0 spiro atoms. The van der Waals surface area contributed by atoms with Gasteiger partial charge in [0.2, 0.25) is 0 Å². The fourth-order valence-electron chi connectivity index (χ4n) is 2.33. The largest absolute Gasteiger partial charge is 0.508 e. The zero-order chi connectivity index (χ0) is 19.9. The van der Waals surface area contributed by atoms with E-state index in [1.165, 1.54) is 12.8 Å². The Kier molecular flexibility index (Phi) is 13.7. The lowest BCUT2D eigenvalue weighted by molar-refractivity contribution is -0.147. The second-order valence-electron chi connectivity index (χ2n) is 6.90. The Balaban J connectivity index is 0.000000502. The van der Waals surface area contributed by atoms with Crippen LogP contribution in [0.4, 0.5) is 0 Å². The number of hydrogen-bond donors (Lipinski definition) is 3. The minimum absolute atomic E-state index is 0.107. The quantitative estimate of drug-likeness (QED) is 0.428. The lowest BCUT2D eigenvalue weighted by Crippen LogP contribution is -2.21. The highest BCUT2D eigenvalue weighted by atomic mass is 16.5. The van der Waals surface area contributed by atoms with Crippen molar-refractivity contribution in [3.8, 4) is 5.75 Å². The first-order chi connectivity index (χ1) is 12.3. The number of rotatable bonds is 10. The molecule has 0 saturated heterocycles. The van der Waals surface area contributed by atoms with E-state index in [9.17, 15) is 9.90 Å². The van der Waals surface area contributed by atoms with E-state index in [0.717, 1.165) is 30.4 Å². The summed E-state index contributed by atoms with van der Waals surface area (Å²) < 4.78 is 4.75. The summed E-state index contributed by atoms with van der Waals surface area (Å²) in [5.41, 5.74) is 2.13. The number of hydrogen-bond acceptors (Lipinski definition) is 5. The van der Waals surface area contributed by atoms with Crippen molar-refractivity contribution >= 4 is 5.97 Å². The van der Waals surface area contributed by atoms with E-state index in [2.05, 4.69) is 20.8 Å². The molecule has 0 aliphatic heterocycles. The molecule has 0 bridgehead atoms. The number of aliphatic hydroxyl groups is 2. The summed E-state index contributed by atoms with van der Waals surface area (Å²) in [6.45, 7) is 7.79. The molecule has 1 rings (SSSR count). The van der Waals surface area contributed by atoms with Crippen molar-refractivity contribution in [2.24, 2.45) is 0 Å². The highest BCUT2D eigenvalue weighted by Crippen LogP contribution is 2.25. The van der Waals surface area contributed by atoms with Gasteiger partial charge in [0.1, 0.15) is 18.5 Å². The number of phenols is 1. The van der Waals surface area contributed by atoms with Crippen LogP contribution in [0.3, 0.4) is 0 Å². The minimum Gasteiger partial charge on any atom is -0.508 e. The van der Waals surface area contributed by atoms with Crippen LogP contribution < -0.4 is 0 Å². The number of aliphatic hydroxyl groups excluding tert-OH is 2. The van der Waals surface area contributed by atoms with Crippen molar-refractivity contribution in [2.75, 3.05) is 13.2 Å². The molecule has 150 valence electrons. The minimum atomic E-state index is -0.950. The molecule has 1 unspecified atom stereocenters. The molecule has 1 aromatic carbocycles. The van der Waals surface area contributed by atoms with E-state index < -0.39 is 6.10 Å². The number of ether oxygens (including phenoxy) is 1. The Morgan fingerprint density at radius 2 is 1.81 bits per heavy atom. The maximum atomic E-state index is 11.1. The molecule has 0 saturated carbocycles. The van der Waals surface area contributed by atoms with E-state index in [1.54, 1.807) is 6.07 Å². The zero-order valence-corrected chi connectivity index (χ0v) is 16.7. The van der Waals surface area contributed by atoms with Gasteiger partial charge in [-0.25, -0.2) is 0 Å². The maximum Gasteiger partial charge on any atom is 0.305 e. The summed E-state index contributed by atoms with van der Waals surface area (Å²) in [4.78, 5) is 11.1. The molecule has 0 fully saturated rings. The van der Waals surface area contributed by atoms with Crippen molar-refractivity contribution in [2.45, 2.75) is 78.2 Å². The average molecular weight is 369 g/mol. The molecule has 5 nitrogen and oxygen atoms in total. The number of phenolic OH excluding ortho intramolecular Hbond substituents is 1. The normalized spacial score (nSPS) is 11.7. The molecule has 26 heavy (non-hydrogen) atoms. The number of esters is 1. The first-order valence-corrected chi connectivity index (χ1v) is 9.55. The maximum absolute atomic E-state index is 11.1. The fraction of sp³-hybridized carbons (Fsp3) is 0.667. The molecule has 0 amide bonds. The molecular formula is C21H36O5. The van der Waals surface area contributed by atoms with Crippen LogP contribution in [-0.2, 0) is 9.53 Å². The first-order valence-electron chi connectivity index (χ1n) is 9.55. The van der Waals surface area contributed by atoms with E-state index in [0.29, 0.717) is 18.1 Å². The smallest absolute Gasteiger partial charge is 0.305 e. The van der Waals surface area contributed by atoms with Crippen LogP contribution >= 0.6 is 0 Å². The second kappa shape index (κ2) is 14.6. The van der Waals surface area contributed by atoms with Crippen LogP contribution in [0.15, 0.2) is 18.2 Å². The molecule has 1 aromatic rings. The van der Waals surface area contributed by atoms with Crippen molar-refractivity contribution < 1.29 is 24.9 Å². The van der Waals surface area contributed by atoms with Gasteiger partial charge >= 0.3 is 5.97 Å². The van der Waals surface area contributed by atoms with Crippen molar-refractivity contribution in [3.63, 3.8) is 0 Å². The molecule has 0 aliphatic rings. The summed E-state index contributed by atoms with van der Waals surface area (Å²) in [6.07, 6.45) is 4.89. The molecule has 0 heterocycles. The van der Waals surface area contributed by atoms with E-state index in [4.69, 9.17) is 14.9 Å². The van der Waals surface area contributed by atoms with Gasteiger partial charge in [-0.1, -0.05) is 58.6 Å². The Labute approximate surface area is 158 Å². The Morgan fingerprint density at radius 3 is 2.35 bits per heavy atom. The van der Waals surface area contributed by atoms with Gasteiger partial charge in [0.15, 0.2) is 0 Å². The number of unbranched alkanes of at least 4 members (excludes halogenated alkanes) is 4. The molecule has 3 N–H and O–H groups in total. The predicted molar refractivity (Wildman–Crippen MR) is 104 cm³/mol. The second-order valence-corrected chi connectivity index (χ2v) is 6.90. The summed E-state index contributed by atoms with van der Waals surface area (Å²) in [7, 11) is 0. The number of benzene rings is 1. The van der Waals surface area contributed by atoms with Gasteiger partial charge in [-0.15, -0.1) is 0 Å². The number of aryl methyl sites for hydroxylation is 1. The SMILES string of the molecule is CCCCCCCC(=O)OCC(O)CO.Cc1ccc(C(C)C)c(O)c1. The van der Waals surface area contributed by atoms with Gasteiger partial charge in [0.25, 0.3) is 0 Å². The number of carbonyl (C=O) groups excluding carboxylic acids is 1. The monoisotopic (exact) mass is 368 g/mol. The third-order valence-corrected chi connectivity index (χ3v) is 3.94. The number of aromatic hydroxyl groups is 1. The molecule has 1 atom stereocenters. The van der Waals surface area contributed by atoms with Crippen molar-refractivity contribution in [1.82, 2.24) is 0 Å². The third kappa shape index (κ3) is 11.9. The van der Waals surface area contributed by atoms with Crippen LogP contribution in [0.1, 0.15) is 76.3 Å². The summed E-state index contributed by atoms with van der Waals surface area (Å²) >= 11 is 0. The van der Waals surface area contributed by atoms with Gasteiger partial charge in [-0.05, 0) is 36.5 Å². The lowest BCUT2D eigenvalue weighted by Gasteiger charge is -2.08. The molecule has 0 aliphatic carbocycles. The summed E-state index contributed by atoms with van der Waals surface area (Å²) in [5, 5.41) is 26.9. The average Bonchev–Trinajstić information content (AvgIpc) is 2.59. The Bertz CT molecular complexity index is 499. The standard InChI is InChI=1S/C11H22O4.C10H14O/c1-2-3-4-5-6-7-11(14)15-9-10(13)8-12;1-7(2)9-5-4-8(3)6-10(9)11/h10,12-13H,2-9H2,1H3;4-7,11H,1-3H3. The Hall–Kier alpha value is -1.59. The van der Waals surface area contributed by atoms with Crippen LogP contribution in [0.5, 0.6) is 5.75 Å². The zero-order valence-electron chi connectivity index (χ0n) is 16.7. The van der Waals surface area contributed by atoms with Crippen LogP contribution in [-0.4, -0.2) is 40.6 Å². The van der Waals surface area contributed by atoms with Gasteiger partial charge in [-0.3, -0.25) is 4.79 Å². The van der Waals surface area contributed by atoms with E-state index in [1.807, 2.05) is 19.1 Å². The highest BCUT2D eigenvalue weighted by Gasteiger charge is 2.07. The van der Waals surface area contributed by atoms with Crippen molar-refractivity contribution in [3.05, 3.63) is 29.3 Å². The molecule has 0 radical (unpaired) electrons. The topological polar surface area (TPSA) is 87.0 Å².